The van der Waals surface area contributed by atoms with Crippen LogP contribution in [-0.2, 0) is 4.79 Å². The van der Waals surface area contributed by atoms with Crippen LogP contribution in [0.2, 0.25) is 0 Å². The molecule has 1 heterocycles. The van der Waals surface area contributed by atoms with Crippen molar-refractivity contribution < 1.29 is 4.79 Å². The van der Waals surface area contributed by atoms with Crippen molar-refractivity contribution in [1.82, 2.24) is 15.1 Å². The van der Waals surface area contributed by atoms with E-state index >= 15 is 0 Å². The van der Waals surface area contributed by atoms with Gasteiger partial charge in [0, 0.05) is 17.8 Å². The number of aromatic nitrogens is 2. The third kappa shape index (κ3) is 3.20. The van der Waals surface area contributed by atoms with Crippen molar-refractivity contribution >= 4 is 5.91 Å². The van der Waals surface area contributed by atoms with Crippen LogP contribution in [0, 0.1) is 0 Å². The molecule has 0 aliphatic heterocycles. The van der Waals surface area contributed by atoms with Gasteiger partial charge in [-0.05, 0) is 26.0 Å². The van der Waals surface area contributed by atoms with E-state index in [1.54, 1.807) is 10.9 Å². The van der Waals surface area contributed by atoms with Crippen LogP contribution in [0.4, 0.5) is 0 Å². The summed E-state index contributed by atoms with van der Waals surface area (Å²) in [6.45, 7) is 3.94. The fraction of sp³-hybridized carbons (Fsp3) is 0.286. The number of rotatable bonds is 5. The number of benzene rings is 1. The van der Waals surface area contributed by atoms with Crippen molar-refractivity contribution in [2.24, 2.45) is 5.73 Å². The average molecular weight is 258 g/mol. The van der Waals surface area contributed by atoms with Crippen LogP contribution in [0.25, 0.3) is 5.69 Å². The molecule has 1 aromatic carbocycles. The van der Waals surface area contributed by atoms with Gasteiger partial charge in [0.25, 0.3) is 0 Å². The number of primary amides is 1. The maximum Gasteiger partial charge on any atom is 0.239 e. The molecule has 0 radical (unpaired) electrons. The Balaban J connectivity index is 2.26. The summed E-state index contributed by atoms with van der Waals surface area (Å²) in [4.78, 5) is 11.5. The third-order valence-electron chi connectivity index (χ3n) is 2.74. The lowest BCUT2D eigenvalue weighted by atomic mass is 10.1. The van der Waals surface area contributed by atoms with Gasteiger partial charge in [0.2, 0.25) is 5.91 Å². The molecule has 5 nitrogen and oxygen atoms in total. The van der Waals surface area contributed by atoms with Gasteiger partial charge in [-0.2, -0.15) is 5.10 Å². The number of nitrogens with two attached hydrogens (primary N) is 1. The third-order valence-corrected chi connectivity index (χ3v) is 2.74. The number of amides is 1. The van der Waals surface area contributed by atoms with Crippen molar-refractivity contribution in [1.29, 1.82) is 0 Å². The zero-order valence-corrected chi connectivity index (χ0v) is 11.1. The van der Waals surface area contributed by atoms with E-state index in [0.717, 1.165) is 11.3 Å². The number of hydrogen-bond acceptors (Lipinski definition) is 3. The highest BCUT2D eigenvalue weighted by Gasteiger charge is 2.20. The van der Waals surface area contributed by atoms with Gasteiger partial charge in [-0.25, -0.2) is 4.68 Å². The monoisotopic (exact) mass is 258 g/mol. The Morgan fingerprint density at radius 2 is 2.00 bits per heavy atom. The topological polar surface area (TPSA) is 72.9 Å². The van der Waals surface area contributed by atoms with Gasteiger partial charge in [-0.3, -0.25) is 10.1 Å². The molecule has 0 aliphatic carbocycles. The van der Waals surface area contributed by atoms with Crippen LogP contribution in [0.3, 0.4) is 0 Å². The number of nitrogens with one attached hydrogen (secondary N) is 1. The lowest BCUT2D eigenvalue weighted by Gasteiger charge is -2.16. The maximum atomic E-state index is 11.5. The van der Waals surface area contributed by atoms with Crippen LogP contribution in [0.5, 0.6) is 0 Å². The Bertz CT molecular complexity index is 548. The van der Waals surface area contributed by atoms with E-state index in [1.807, 2.05) is 50.4 Å². The summed E-state index contributed by atoms with van der Waals surface area (Å²) in [6.07, 6.45) is 3.48. The van der Waals surface area contributed by atoms with Crippen molar-refractivity contribution in [2.75, 3.05) is 0 Å². The largest absolute Gasteiger partial charge is 0.368 e. The predicted molar refractivity (Wildman–Crippen MR) is 73.8 cm³/mol. The summed E-state index contributed by atoms with van der Waals surface area (Å²) in [5.74, 6) is -0.402. The minimum Gasteiger partial charge on any atom is -0.368 e. The molecule has 0 fully saturated rings. The summed E-state index contributed by atoms with van der Waals surface area (Å²) in [6, 6.07) is 9.37. The highest BCUT2D eigenvalue weighted by atomic mass is 16.1. The first-order chi connectivity index (χ1) is 9.08. The van der Waals surface area contributed by atoms with Gasteiger partial charge in [0.15, 0.2) is 0 Å². The Morgan fingerprint density at radius 1 is 1.32 bits per heavy atom. The van der Waals surface area contributed by atoms with Crippen molar-refractivity contribution in [3.63, 3.8) is 0 Å². The molecule has 1 unspecified atom stereocenters. The standard InChI is InChI=1S/C14H18N4O/c1-10(2)17-13(14(15)19)11-8-16-18(9-11)12-6-4-3-5-7-12/h3-10,13,17H,1-2H3,(H2,15,19). The summed E-state index contributed by atoms with van der Waals surface area (Å²) in [7, 11) is 0. The molecule has 100 valence electrons. The fourth-order valence-corrected chi connectivity index (χ4v) is 1.88. The highest BCUT2D eigenvalue weighted by Crippen LogP contribution is 2.15. The second-order valence-electron chi connectivity index (χ2n) is 4.71. The molecule has 5 heteroatoms. The molecule has 2 rings (SSSR count). The quantitative estimate of drug-likeness (QED) is 0.851. The molecule has 0 saturated carbocycles. The minimum absolute atomic E-state index is 0.164. The van der Waals surface area contributed by atoms with Gasteiger partial charge < -0.3 is 5.73 Å². The summed E-state index contributed by atoms with van der Waals surface area (Å²) >= 11 is 0. The average Bonchev–Trinajstić information content (AvgIpc) is 2.86. The van der Waals surface area contributed by atoms with Crippen LogP contribution >= 0.6 is 0 Å². The fourth-order valence-electron chi connectivity index (χ4n) is 1.88. The smallest absolute Gasteiger partial charge is 0.239 e. The Labute approximate surface area is 112 Å². The molecule has 1 atom stereocenters. The van der Waals surface area contributed by atoms with Crippen LogP contribution in [-0.4, -0.2) is 21.7 Å². The zero-order valence-electron chi connectivity index (χ0n) is 11.1. The normalized spacial score (nSPS) is 12.6. The Kier molecular flexibility index (Phi) is 3.97. The lowest BCUT2D eigenvalue weighted by molar-refractivity contribution is -0.120. The minimum atomic E-state index is -0.516. The van der Waals surface area contributed by atoms with Gasteiger partial charge >= 0.3 is 0 Å². The number of nitrogens with zero attached hydrogens (tertiary/aromatic N) is 2. The second-order valence-corrected chi connectivity index (χ2v) is 4.71. The SMILES string of the molecule is CC(C)NC(C(N)=O)c1cnn(-c2ccccc2)c1. The first kappa shape index (κ1) is 13.3. The lowest BCUT2D eigenvalue weighted by Crippen LogP contribution is -2.37. The number of carbonyl (C=O) groups excluding carboxylic acids is 1. The van der Waals surface area contributed by atoms with Crippen molar-refractivity contribution in [2.45, 2.75) is 25.9 Å². The van der Waals surface area contributed by atoms with E-state index in [1.165, 1.54) is 0 Å². The number of para-hydroxylation sites is 1. The summed E-state index contributed by atoms with van der Waals surface area (Å²) < 4.78 is 1.73. The van der Waals surface area contributed by atoms with Crippen molar-refractivity contribution in [3.05, 3.63) is 48.3 Å². The molecule has 1 aromatic heterocycles. The molecule has 0 saturated heterocycles. The van der Waals surface area contributed by atoms with E-state index < -0.39 is 11.9 Å². The molecular formula is C14H18N4O. The predicted octanol–water partition coefficient (Wildman–Crippen LogP) is 1.40. The Morgan fingerprint density at radius 3 is 2.58 bits per heavy atom. The van der Waals surface area contributed by atoms with E-state index in [2.05, 4.69) is 10.4 Å². The number of carbonyl (C=O) groups is 1. The first-order valence-electron chi connectivity index (χ1n) is 6.23. The molecule has 0 bridgehead atoms. The molecule has 3 N–H and O–H groups in total. The number of hydrogen-bond donors (Lipinski definition) is 2. The van der Waals surface area contributed by atoms with E-state index in [4.69, 9.17) is 5.73 Å². The molecule has 2 aromatic rings. The van der Waals surface area contributed by atoms with Gasteiger partial charge in [0.1, 0.15) is 6.04 Å². The van der Waals surface area contributed by atoms with Gasteiger partial charge in [-0.1, -0.05) is 18.2 Å². The molecular weight excluding hydrogens is 240 g/mol. The van der Waals surface area contributed by atoms with Crippen molar-refractivity contribution in [3.8, 4) is 5.69 Å². The van der Waals surface area contributed by atoms with Gasteiger partial charge in [0.05, 0.1) is 11.9 Å². The second kappa shape index (κ2) is 5.67. The van der Waals surface area contributed by atoms with E-state index in [-0.39, 0.29) is 6.04 Å². The Hall–Kier alpha value is -2.14. The maximum absolute atomic E-state index is 11.5. The molecule has 0 spiro atoms. The molecule has 1 amide bonds. The molecule has 0 aliphatic rings. The zero-order chi connectivity index (χ0) is 13.8. The summed E-state index contributed by atoms with van der Waals surface area (Å²) in [5, 5.41) is 7.40. The van der Waals surface area contributed by atoms with E-state index in [0.29, 0.717) is 0 Å². The van der Waals surface area contributed by atoms with Gasteiger partial charge in [-0.15, -0.1) is 0 Å². The van der Waals surface area contributed by atoms with Crippen LogP contribution in [0.1, 0.15) is 25.5 Å². The summed E-state index contributed by atoms with van der Waals surface area (Å²) in [5.41, 5.74) is 7.14. The highest BCUT2D eigenvalue weighted by molar-refractivity contribution is 5.81. The van der Waals surface area contributed by atoms with E-state index in [9.17, 15) is 4.79 Å². The molecule has 19 heavy (non-hydrogen) atoms. The first-order valence-corrected chi connectivity index (χ1v) is 6.23. The van der Waals surface area contributed by atoms with Crippen LogP contribution < -0.4 is 11.1 Å². The van der Waals surface area contributed by atoms with Crippen LogP contribution in [0.15, 0.2) is 42.7 Å².